The lowest BCUT2D eigenvalue weighted by atomic mass is 9.39. The number of allylic oxidation sites excluding steroid dienone is 3. The molecule has 0 radical (unpaired) electrons. The maximum atomic E-state index is 13.1. The molecule has 0 bridgehead atoms. The summed E-state index contributed by atoms with van der Waals surface area (Å²) in [6.07, 6.45) is 13.0. The topological polar surface area (TPSA) is 116 Å². The van der Waals surface area contributed by atoms with Crippen LogP contribution >= 0.6 is 0 Å². The predicted octanol–water partition coefficient (Wildman–Crippen LogP) is 8.56. The van der Waals surface area contributed by atoms with Gasteiger partial charge in [0.25, 0.3) is 0 Å². The highest BCUT2D eigenvalue weighted by atomic mass is 16.4. The van der Waals surface area contributed by atoms with Crippen molar-refractivity contribution in [3.8, 4) is 0 Å². The summed E-state index contributed by atoms with van der Waals surface area (Å²) in [5.74, 6) is 0.228. The maximum Gasteiger partial charge on any atom is 0.335 e. The van der Waals surface area contributed by atoms with Gasteiger partial charge in [0, 0.05) is 5.54 Å². The summed E-state index contributed by atoms with van der Waals surface area (Å²) in [7, 11) is 0. The minimum Gasteiger partial charge on any atom is -0.480 e. The Balaban J connectivity index is 1.47. The van der Waals surface area contributed by atoms with E-state index < -0.39 is 11.9 Å². The van der Waals surface area contributed by atoms with Crippen LogP contribution in [0.3, 0.4) is 0 Å². The molecule has 4 N–H and O–H groups in total. The van der Waals surface area contributed by atoms with Gasteiger partial charge in [-0.2, -0.15) is 0 Å². The van der Waals surface area contributed by atoms with Gasteiger partial charge in [-0.05, 0) is 134 Å². The lowest BCUT2D eigenvalue weighted by molar-refractivity contribution is -0.165. The second-order valence-electron chi connectivity index (χ2n) is 16.5. The van der Waals surface area contributed by atoms with E-state index in [1.807, 2.05) is 12.1 Å². The van der Waals surface area contributed by atoms with Gasteiger partial charge in [-0.3, -0.25) is 4.79 Å². The van der Waals surface area contributed by atoms with Gasteiger partial charge in [0.15, 0.2) is 0 Å². The van der Waals surface area contributed by atoms with Crippen molar-refractivity contribution >= 4 is 23.5 Å². The number of amides is 2. The van der Waals surface area contributed by atoms with Gasteiger partial charge < -0.3 is 20.8 Å². The first-order chi connectivity index (χ1) is 21.5. The molecule has 0 saturated heterocycles. The lowest BCUT2D eigenvalue weighted by Gasteiger charge is -2.67. The molecule has 2 amide bonds. The summed E-state index contributed by atoms with van der Waals surface area (Å²) in [4.78, 5) is 35.7. The van der Waals surface area contributed by atoms with Crippen LogP contribution in [0, 0.1) is 45.8 Å². The standard InChI is InChI=1S/C39H56N2O5/c1-24(2)28-17-20-39(41-35(46)40-23-32(42)43)22-21-38(7)31(33(28)39)16-15-29-25(3)9-14-30(26-10-12-27(13-11-26)34(44)45)36(4,5)18-8-19-37(29,38)6/h10-14,25,28-29,31,33H,1,8-9,15-23H2,2-7H3,(H,42,43)(H,44,45)(H2,40,41,46). The molecule has 1 aromatic carbocycles. The summed E-state index contributed by atoms with van der Waals surface area (Å²) in [6.45, 7) is 18.5. The van der Waals surface area contributed by atoms with Crippen molar-refractivity contribution in [2.75, 3.05) is 6.54 Å². The molecular formula is C39H56N2O5. The fourth-order valence-electron chi connectivity index (χ4n) is 11.1. The molecule has 46 heavy (non-hydrogen) atoms. The van der Waals surface area contributed by atoms with Crippen molar-refractivity contribution in [3.63, 3.8) is 0 Å². The summed E-state index contributed by atoms with van der Waals surface area (Å²) < 4.78 is 0. The molecule has 8 unspecified atom stereocenters. The number of hydrogen-bond acceptors (Lipinski definition) is 3. The molecular weight excluding hydrogens is 576 g/mol. The number of hydrogen-bond donors (Lipinski definition) is 4. The summed E-state index contributed by atoms with van der Waals surface area (Å²) in [5.41, 5.74) is 3.83. The van der Waals surface area contributed by atoms with Crippen molar-refractivity contribution in [2.45, 2.75) is 111 Å². The van der Waals surface area contributed by atoms with E-state index in [0.717, 1.165) is 63.4 Å². The zero-order valence-electron chi connectivity index (χ0n) is 28.9. The molecule has 0 heterocycles. The van der Waals surface area contributed by atoms with E-state index in [0.29, 0.717) is 35.2 Å². The minimum absolute atomic E-state index is 0.0475. The van der Waals surface area contributed by atoms with E-state index in [2.05, 4.69) is 64.8 Å². The Kier molecular flexibility index (Phi) is 9.31. The molecule has 1 aromatic rings. The molecule has 5 rings (SSSR count). The number of benzene rings is 1. The number of carbonyl (C=O) groups is 3. The zero-order chi connectivity index (χ0) is 33.7. The number of aromatic carboxylic acids is 1. The maximum absolute atomic E-state index is 13.1. The second-order valence-corrected chi connectivity index (χ2v) is 16.5. The molecule has 3 fully saturated rings. The molecule has 4 aliphatic carbocycles. The van der Waals surface area contributed by atoms with Crippen molar-refractivity contribution in [1.29, 1.82) is 0 Å². The number of carbonyl (C=O) groups excluding carboxylic acids is 1. The van der Waals surface area contributed by atoms with Crippen molar-refractivity contribution in [3.05, 3.63) is 53.6 Å². The smallest absolute Gasteiger partial charge is 0.335 e. The average Bonchev–Trinajstić information content (AvgIpc) is 3.36. The second kappa shape index (κ2) is 12.5. The van der Waals surface area contributed by atoms with Gasteiger partial charge in [0.1, 0.15) is 6.54 Å². The fraction of sp³-hybridized carbons (Fsp3) is 0.667. The van der Waals surface area contributed by atoms with Gasteiger partial charge >= 0.3 is 18.0 Å². The highest BCUT2D eigenvalue weighted by molar-refractivity contribution is 5.88. The molecule has 4 aliphatic rings. The first-order valence-corrected chi connectivity index (χ1v) is 17.5. The van der Waals surface area contributed by atoms with Crippen LogP contribution < -0.4 is 10.6 Å². The normalized spacial score (nSPS) is 37.0. The monoisotopic (exact) mass is 632 g/mol. The first kappa shape index (κ1) is 34.3. The third-order valence-corrected chi connectivity index (χ3v) is 13.7. The van der Waals surface area contributed by atoms with Crippen LogP contribution in [0.4, 0.5) is 4.79 Å². The summed E-state index contributed by atoms with van der Waals surface area (Å²) in [5, 5.41) is 24.5. The molecule has 7 heteroatoms. The number of carboxylic acids is 2. The molecule has 0 aromatic heterocycles. The van der Waals surface area contributed by atoms with Crippen LogP contribution in [-0.4, -0.2) is 40.3 Å². The van der Waals surface area contributed by atoms with Gasteiger partial charge in [-0.15, -0.1) is 0 Å². The van der Waals surface area contributed by atoms with Gasteiger partial charge in [-0.1, -0.05) is 71.4 Å². The minimum atomic E-state index is -1.04. The number of nitrogens with one attached hydrogen (secondary N) is 2. The van der Waals surface area contributed by atoms with Crippen LogP contribution in [-0.2, 0) is 4.79 Å². The van der Waals surface area contributed by atoms with Crippen LogP contribution in [0.5, 0.6) is 0 Å². The fourth-order valence-corrected chi connectivity index (χ4v) is 11.1. The lowest BCUT2D eigenvalue weighted by Crippen LogP contribution is -2.66. The third kappa shape index (κ3) is 5.92. The number of urea groups is 1. The van der Waals surface area contributed by atoms with Crippen LogP contribution in [0.1, 0.15) is 122 Å². The summed E-state index contributed by atoms with van der Waals surface area (Å²) >= 11 is 0. The Bertz CT molecular complexity index is 1400. The Labute approximate surface area is 275 Å². The van der Waals surface area contributed by atoms with Crippen molar-refractivity contribution in [2.24, 2.45) is 45.8 Å². The molecule has 8 atom stereocenters. The highest BCUT2D eigenvalue weighted by Crippen LogP contribution is 2.71. The summed E-state index contributed by atoms with van der Waals surface area (Å²) in [6, 6.07) is 7.05. The van der Waals surface area contributed by atoms with E-state index >= 15 is 0 Å². The van der Waals surface area contributed by atoms with E-state index in [9.17, 15) is 19.5 Å². The van der Waals surface area contributed by atoms with E-state index in [1.165, 1.54) is 17.6 Å². The van der Waals surface area contributed by atoms with Gasteiger partial charge in [0.05, 0.1) is 5.56 Å². The molecule has 3 saturated carbocycles. The third-order valence-electron chi connectivity index (χ3n) is 13.7. The van der Waals surface area contributed by atoms with Crippen molar-refractivity contribution < 1.29 is 24.6 Å². The number of aliphatic carboxylic acids is 1. The highest BCUT2D eigenvalue weighted by Gasteiger charge is 2.66. The molecule has 0 aliphatic heterocycles. The van der Waals surface area contributed by atoms with Crippen molar-refractivity contribution in [1.82, 2.24) is 10.6 Å². The predicted molar refractivity (Wildman–Crippen MR) is 182 cm³/mol. The first-order valence-electron chi connectivity index (χ1n) is 17.5. The number of carboxylic acid groups (broad SMARTS) is 2. The SMILES string of the molecule is C=C(C)C1CCC2(NC(=O)NCC(=O)O)CCC3(C)C(CCC4C(C)CC=C(c5ccc(C(=O)O)cc5)C(C)(C)CCCC43C)C12. The van der Waals surface area contributed by atoms with Gasteiger partial charge in [0.2, 0.25) is 0 Å². The average molecular weight is 633 g/mol. The zero-order valence-corrected chi connectivity index (χ0v) is 28.9. The Morgan fingerprint density at radius 3 is 2.17 bits per heavy atom. The van der Waals surface area contributed by atoms with Crippen LogP contribution in [0.15, 0.2) is 42.5 Å². The molecule has 0 spiro atoms. The Morgan fingerprint density at radius 2 is 1.54 bits per heavy atom. The Hall–Kier alpha value is -3.09. The number of rotatable bonds is 6. The van der Waals surface area contributed by atoms with E-state index in [-0.39, 0.29) is 34.4 Å². The largest absolute Gasteiger partial charge is 0.480 e. The van der Waals surface area contributed by atoms with E-state index in [4.69, 9.17) is 5.11 Å². The van der Waals surface area contributed by atoms with Gasteiger partial charge in [-0.25, -0.2) is 9.59 Å². The Morgan fingerprint density at radius 1 is 0.891 bits per heavy atom. The molecule has 7 nitrogen and oxygen atoms in total. The number of fused-ring (bicyclic) bond motifs is 5. The van der Waals surface area contributed by atoms with Crippen LogP contribution in [0.25, 0.3) is 5.57 Å². The van der Waals surface area contributed by atoms with E-state index in [1.54, 1.807) is 12.1 Å². The quantitative estimate of drug-likeness (QED) is 0.235. The van der Waals surface area contributed by atoms with Crippen LogP contribution in [0.2, 0.25) is 0 Å². The molecule has 252 valence electrons.